The van der Waals surface area contributed by atoms with Gasteiger partial charge in [-0.25, -0.2) is 0 Å². The Bertz CT molecular complexity index is 210. The molecule has 0 N–H and O–H groups in total. The molecule has 0 atom stereocenters. The second-order valence-corrected chi connectivity index (χ2v) is 8.61. The van der Waals surface area contributed by atoms with E-state index in [2.05, 4.69) is 27.7 Å². The van der Waals surface area contributed by atoms with E-state index in [-0.39, 0.29) is 0 Å². The van der Waals surface area contributed by atoms with Gasteiger partial charge >= 0.3 is 0 Å². The Morgan fingerprint density at radius 3 is 1.00 bits per heavy atom. The lowest BCUT2D eigenvalue weighted by Crippen LogP contribution is -2.15. The summed E-state index contributed by atoms with van der Waals surface area (Å²) in [5.41, 5.74) is 0.629. The van der Waals surface area contributed by atoms with Crippen molar-refractivity contribution in [1.29, 1.82) is 0 Å². The maximum absolute atomic E-state index is 2.55. The van der Waals surface area contributed by atoms with Crippen LogP contribution in [0.4, 0.5) is 0 Å². The summed E-state index contributed by atoms with van der Waals surface area (Å²) in [7, 11) is 0. The Morgan fingerprint density at radius 2 is 0.708 bits per heavy atom. The molecule has 146 valence electrons. The third kappa shape index (κ3) is 15.5. The SMILES string of the molecule is CCCCCCCCCCC(C)(CC)CCCCCCCCCC. The van der Waals surface area contributed by atoms with Crippen molar-refractivity contribution in [3.63, 3.8) is 0 Å². The van der Waals surface area contributed by atoms with E-state index in [0.29, 0.717) is 5.41 Å². The Labute approximate surface area is 155 Å². The molecular formula is C24H50. The minimum absolute atomic E-state index is 0.629. The molecule has 0 amide bonds. The van der Waals surface area contributed by atoms with Gasteiger partial charge in [0.15, 0.2) is 0 Å². The van der Waals surface area contributed by atoms with Gasteiger partial charge in [-0.05, 0) is 18.3 Å². The van der Waals surface area contributed by atoms with E-state index in [0.717, 1.165) is 0 Å². The second-order valence-electron chi connectivity index (χ2n) is 8.61. The van der Waals surface area contributed by atoms with Gasteiger partial charge in [-0.1, -0.05) is 137 Å². The molecule has 0 radical (unpaired) electrons. The van der Waals surface area contributed by atoms with Gasteiger partial charge in [0.05, 0.1) is 0 Å². The predicted molar refractivity (Wildman–Crippen MR) is 113 cm³/mol. The van der Waals surface area contributed by atoms with Crippen LogP contribution < -0.4 is 0 Å². The van der Waals surface area contributed by atoms with E-state index in [9.17, 15) is 0 Å². The zero-order valence-corrected chi connectivity index (χ0v) is 17.9. The van der Waals surface area contributed by atoms with Gasteiger partial charge in [0.2, 0.25) is 0 Å². The fourth-order valence-corrected chi connectivity index (χ4v) is 3.85. The van der Waals surface area contributed by atoms with E-state index < -0.39 is 0 Å². The highest BCUT2D eigenvalue weighted by Crippen LogP contribution is 2.34. The molecule has 0 aromatic carbocycles. The third-order valence-electron chi connectivity index (χ3n) is 6.12. The molecule has 0 heteroatoms. The van der Waals surface area contributed by atoms with Crippen molar-refractivity contribution >= 4 is 0 Å². The zero-order valence-electron chi connectivity index (χ0n) is 17.9. The molecule has 0 unspecified atom stereocenters. The average Bonchev–Trinajstić information content (AvgIpc) is 2.59. The highest BCUT2D eigenvalue weighted by molar-refractivity contribution is 4.72. The second kappa shape index (κ2) is 17.8. The van der Waals surface area contributed by atoms with Crippen LogP contribution in [-0.4, -0.2) is 0 Å². The first-order chi connectivity index (χ1) is 11.7. The zero-order chi connectivity index (χ0) is 17.9. The summed E-state index contributed by atoms with van der Waals surface area (Å²) in [5.74, 6) is 0. The van der Waals surface area contributed by atoms with Crippen molar-refractivity contribution < 1.29 is 0 Å². The van der Waals surface area contributed by atoms with Crippen LogP contribution in [-0.2, 0) is 0 Å². The molecule has 24 heavy (non-hydrogen) atoms. The monoisotopic (exact) mass is 338 g/mol. The number of rotatable bonds is 19. The minimum Gasteiger partial charge on any atom is -0.0654 e. The summed E-state index contributed by atoms with van der Waals surface area (Å²) >= 11 is 0. The first kappa shape index (κ1) is 24.0. The highest BCUT2D eigenvalue weighted by atomic mass is 14.3. The van der Waals surface area contributed by atoms with Gasteiger partial charge in [-0.3, -0.25) is 0 Å². The quantitative estimate of drug-likeness (QED) is 0.206. The van der Waals surface area contributed by atoms with Crippen LogP contribution in [0.3, 0.4) is 0 Å². The molecule has 0 rings (SSSR count). The number of hydrogen-bond donors (Lipinski definition) is 0. The summed E-state index contributed by atoms with van der Waals surface area (Å²) < 4.78 is 0. The standard InChI is InChI=1S/C24H50/c1-5-8-10-12-14-16-18-20-22-24(4,7-3)23-21-19-17-15-13-11-9-6-2/h5-23H2,1-4H3. The van der Waals surface area contributed by atoms with Gasteiger partial charge < -0.3 is 0 Å². The molecule has 0 aromatic rings. The molecule has 0 aliphatic carbocycles. The summed E-state index contributed by atoms with van der Waals surface area (Å²) in [6.45, 7) is 9.57. The first-order valence-electron chi connectivity index (χ1n) is 11.7. The largest absolute Gasteiger partial charge is 0.0654 e. The summed E-state index contributed by atoms with van der Waals surface area (Å²) in [5, 5.41) is 0. The predicted octanol–water partition coefficient (Wildman–Crippen LogP) is 9.46. The average molecular weight is 339 g/mol. The molecule has 0 fully saturated rings. The fourth-order valence-electron chi connectivity index (χ4n) is 3.85. The van der Waals surface area contributed by atoms with Gasteiger partial charge in [0.25, 0.3) is 0 Å². The Balaban J connectivity index is 3.51. The molecule has 0 aromatic heterocycles. The van der Waals surface area contributed by atoms with E-state index in [4.69, 9.17) is 0 Å². The fraction of sp³-hybridized carbons (Fsp3) is 1.00. The molecule has 0 nitrogen and oxygen atoms in total. The molecule has 0 aliphatic rings. The molecule has 0 saturated carbocycles. The smallest absolute Gasteiger partial charge is 0.0328 e. The van der Waals surface area contributed by atoms with Crippen LogP contribution in [0.5, 0.6) is 0 Å². The van der Waals surface area contributed by atoms with Crippen molar-refractivity contribution in [3.05, 3.63) is 0 Å². The number of unbranched alkanes of at least 4 members (excludes halogenated alkanes) is 14. The van der Waals surface area contributed by atoms with Crippen LogP contribution in [0.15, 0.2) is 0 Å². The highest BCUT2D eigenvalue weighted by Gasteiger charge is 2.20. The lowest BCUT2D eigenvalue weighted by atomic mass is 9.77. The lowest BCUT2D eigenvalue weighted by Gasteiger charge is -2.28. The number of hydrogen-bond acceptors (Lipinski definition) is 0. The lowest BCUT2D eigenvalue weighted by molar-refractivity contribution is 0.241. The molecule has 0 bridgehead atoms. The van der Waals surface area contributed by atoms with Crippen molar-refractivity contribution in [2.45, 2.75) is 150 Å². The Kier molecular flexibility index (Phi) is 17.8. The summed E-state index contributed by atoms with van der Waals surface area (Å²) in [6.07, 6.45) is 27.6. The van der Waals surface area contributed by atoms with Crippen LogP contribution in [0.2, 0.25) is 0 Å². The molecule has 0 aliphatic heterocycles. The van der Waals surface area contributed by atoms with Gasteiger partial charge in [-0.2, -0.15) is 0 Å². The molecule has 0 spiro atoms. The van der Waals surface area contributed by atoms with Crippen molar-refractivity contribution in [3.8, 4) is 0 Å². The van der Waals surface area contributed by atoms with Gasteiger partial charge in [-0.15, -0.1) is 0 Å². The molecule has 0 saturated heterocycles. The minimum atomic E-state index is 0.629. The van der Waals surface area contributed by atoms with Crippen LogP contribution in [0.25, 0.3) is 0 Å². The van der Waals surface area contributed by atoms with E-state index in [1.54, 1.807) is 0 Å². The van der Waals surface area contributed by atoms with Crippen molar-refractivity contribution in [2.24, 2.45) is 5.41 Å². The van der Waals surface area contributed by atoms with Crippen molar-refractivity contribution in [1.82, 2.24) is 0 Å². The summed E-state index contributed by atoms with van der Waals surface area (Å²) in [6, 6.07) is 0. The van der Waals surface area contributed by atoms with E-state index in [1.807, 2.05) is 0 Å². The van der Waals surface area contributed by atoms with Gasteiger partial charge in [0.1, 0.15) is 0 Å². The molecular weight excluding hydrogens is 288 g/mol. The van der Waals surface area contributed by atoms with Crippen molar-refractivity contribution in [2.75, 3.05) is 0 Å². The van der Waals surface area contributed by atoms with Crippen LogP contribution >= 0.6 is 0 Å². The maximum atomic E-state index is 2.55. The third-order valence-corrected chi connectivity index (χ3v) is 6.12. The normalized spacial score (nSPS) is 12.0. The van der Waals surface area contributed by atoms with Crippen LogP contribution in [0, 0.1) is 5.41 Å². The first-order valence-corrected chi connectivity index (χ1v) is 11.7. The topological polar surface area (TPSA) is 0 Å². The summed E-state index contributed by atoms with van der Waals surface area (Å²) in [4.78, 5) is 0. The maximum Gasteiger partial charge on any atom is -0.0328 e. The van der Waals surface area contributed by atoms with Crippen LogP contribution in [0.1, 0.15) is 150 Å². The van der Waals surface area contributed by atoms with E-state index in [1.165, 1.54) is 122 Å². The van der Waals surface area contributed by atoms with E-state index >= 15 is 0 Å². The van der Waals surface area contributed by atoms with Gasteiger partial charge in [0, 0.05) is 0 Å². The Morgan fingerprint density at radius 1 is 0.417 bits per heavy atom. The molecule has 0 heterocycles. The Hall–Kier alpha value is 0.